The van der Waals surface area contributed by atoms with Crippen molar-refractivity contribution in [3.05, 3.63) is 47.8 Å². The summed E-state index contributed by atoms with van der Waals surface area (Å²) >= 11 is 1.61. The summed E-state index contributed by atoms with van der Waals surface area (Å²) in [6, 6.07) is 1.57. The van der Waals surface area contributed by atoms with Crippen LogP contribution in [0.5, 0.6) is 0 Å². The highest BCUT2D eigenvalue weighted by molar-refractivity contribution is 7.15. The Morgan fingerprint density at radius 3 is 2.94 bits per heavy atom. The van der Waals surface area contributed by atoms with E-state index in [2.05, 4.69) is 15.0 Å². The lowest BCUT2D eigenvalue weighted by Crippen LogP contribution is -2.16. The molecule has 6 heteroatoms. The molecule has 3 aromatic heterocycles. The van der Waals surface area contributed by atoms with Crippen molar-refractivity contribution in [3.63, 3.8) is 0 Å². The van der Waals surface area contributed by atoms with Crippen LogP contribution in [0.1, 0.15) is 17.6 Å². The van der Waals surface area contributed by atoms with Gasteiger partial charge in [-0.2, -0.15) is 0 Å². The molecule has 3 rings (SSSR count). The van der Waals surface area contributed by atoms with E-state index in [-0.39, 0.29) is 6.04 Å². The second-order valence-corrected chi connectivity index (χ2v) is 4.62. The fourth-order valence-corrected chi connectivity index (χ4v) is 2.41. The van der Waals surface area contributed by atoms with E-state index in [0.717, 1.165) is 10.7 Å². The third kappa shape index (κ3) is 2.04. The summed E-state index contributed by atoms with van der Waals surface area (Å²) in [6.07, 6.45) is 8.04. The number of nitrogens with zero attached hydrogens (tertiary/aromatic N) is 4. The minimum absolute atomic E-state index is 0.208. The van der Waals surface area contributed by atoms with Crippen LogP contribution in [-0.2, 0) is 6.42 Å². The molecule has 3 heterocycles. The molecule has 86 valence electrons. The molecule has 0 aliphatic heterocycles. The molecule has 0 amide bonds. The zero-order valence-electron chi connectivity index (χ0n) is 9.02. The van der Waals surface area contributed by atoms with E-state index in [0.29, 0.717) is 12.2 Å². The van der Waals surface area contributed by atoms with Crippen LogP contribution < -0.4 is 5.73 Å². The highest BCUT2D eigenvalue weighted by Crippen LogP contribution is 2.15. The fraction of sp³-hybridized carbons (Fsp3) is 0.182. The van der Waals surface area contributed by atoms with Gasteiger partial charge in [0.15, 0.2) is 4.96 Å². The smallest absolute Gasteiger partial charge is 0.193 e. The number of fused-ring (bicyclic) bond motifs is 1. The van der Waals surface area contributed by atoms with Crippen molar-refractivity contribution in [2.75, 3.05) is 0 Å². The third-order valence-corrected chi connectivity index (χ3v) is 3.26. The van der Waals surface area contributed by atoms with Crippen LogP contribution in [0.3, 0.4) is 0 Å². The van der Waals surface area contributed by atoms with Crippen LogP contribution in [0.4, 0.5) is 0 Å². The van der Waals surface area contributed by atoms with Crippen LogP contribution in [-0.4, -0.2) is 19.4 Å². The molecule has 3 aromatic rings. The van der Waals surface area contributed by atoms with Crippen molar-refractivity contribution in [2.45, 2.75) is 12.5 Å². The Balaban J connectivity index is 1.81. The second-order valence-electron chi connectivity index (χ2n) is 3.74. The van der Waals surface area contributed by atoms with Gasteiger partial charge in [-0.05, 0) is 6.07 Å². The molecule has 0 aromatic carbocycles. The second kappa shape index (κ2) is 4.23. The molecule has 5 nitrogen and oxygen atoms in total. The van der Waals surface area contributed by atoms with Gasteiger partial charge in [0.1, 0.15) is 5.82 Å². The summed E-state index contributed by atoms with van der Waals surface area (Å²) < 4.78 is 2.00. The highest BCUT2D eigenvalue weighted by Gasteiger charge is 2.12. The predicted octanol–water partition coefficient (Wildman–Crippen LogP) is 1.43. The molecule has 2 N–H and O–H groups in total. The van der Waals surface area contributed by atoms with Gasteiger partial charge >= 0.3 is 0 Å². The maximum atomic E-state index is 6.05. The van der Waals surface area contributed by atoms with E-state index in [9.17, 15) is 0 Å². The van der Waals surface area contributed by atoms with E-state index in [4.69, 9.17) is 5.73 Å². The molecule has 1 atom stereocenters. The summed E-state index contributed by atoms with van der Waals surface area (Å²) in [7, 11) is 0. The first-order valence-corrected chi connectivity index (χ1v) is 6.14. The van der Waals surface area contributed by atoms with Gasteiger partial charge < -0.3 is 5.73 Å². The molecule has 1 unspecified atom stereocenters. The molecule has 0 saturated heterocycles. The molecule has 0 spiro atoms. The zero-order valence-corrected chi connectivity index (χ0v) is 9.84. The van der Waals surface area contributed by atoms with Crippen molar-refractivity contribution in [1.82, 2.24) is 19.4 Å². The van der Waals surface area contributed by atoms with Gasteiger partial charge in [0.25, 0.3) is 0 Å². The highest BCUT2D eigenvalue weighted by atomic mass is 32.1. The summed E-state index contributed by atoms with van der Waals surface area (Å²) in [5.74, 6) is 0.656. The van der Waals surface area contributed by atoms with E-state index in [1.165, 1.54) is 0 Å². The first kappa shape index (κ1) is 10.4. The van der Waals surface area contributed by atoms with E-state index in [1.807, 2.05) is 22.2 Å². The summed E-state index contributed by atoms with van der Waals surface area (Å²) in [6.45, 7) is 0. The summed E-state index contributed by atoms with van der Waals surface area (Å²) in [4.78, 5) is 13.8. The van der Waals surface area contributed by atoms with Crippen molar-refractivity contribution < 1.29 is 0 Å². The van der Waals surface area contributed by atoms with Crippen LogP contribution >= 0.6 is 11.3 Å². The number of hydrogen-bond donors (Lipinski definition) is 1. The van der Waals surface area contributed by atoms with Crippen LogP contribution in [0.25, 0.3) is 4.96 Å². The van der Waals surface area contributed by atoms with Gasteiger partial charge in [-0.25, -0.2) is 15.0 Å². The molecule has 0 saturated carbocycles. The number of rotatable bonds is 3. The Kier molecular flexibility index (Phi) is 2.58. The molecule has 0 fully saturated rings. The van der Waals surface area contributed by atoms with Crippen molar-refractivity contribution in [2.24, 2.45) is 5.73 Å². The quantitative estimate of drug-likeness (QED) is 0.758. The predicted molar refractivity (Wildman–Crippen MR) is 65.7 cm³/mol. The minimum Gasteiger partial charge on any atom is -0.321 e. The lowest BCUT2D eigenvalue weighted by atomic mass is 10.1. The number of aromatic nitrogens is 4. The largest absolute Gasteiger partial charge is 0.321 e. The molecular weight excluding hydrogens is 234 g/mol. The number of imidazole rings is 1. The van der Waals surface area contributed by atoms with E-state index < -0.39 is 0 Å². The van der Waals surface area contributed by atoms with Gasteiger partial charge in [-0.3, -0.25) is 4.40 Å². The van der Waals surface area contributed by atoms with Crippen molar-refractivity contribution in [3.8, 4) is 0 Å². The Morgan fingerprint density at radius 2 is 2.18 bits per heavy atom. The maximum absolute atomic E-state index is 6.05. The molecule has 0 bridgehead atoms. The van der Waals surface area contributed by atoms with Gasteiger partial charge in [-0.15, -0.1) is 11.3 Å². The fourth-order valence-electron chi connectivity index (χ4n) is 1.69. The normalized spacial score (nSPS) is 13.0. The molecule has 0 aliphatic carbocycles. The van der Waals surface area contributed by atoms with Gasteiger partial charge in [0, 0.05) is 36.6 Å². The number of nitrogens with two attached hydrogens (primary N) is 1. The van der Waals surface area contributed by atoms with Crippen molar-refractivity contribution in [1.29, 1.82) is 0 Å². The average Bonchev–Trinajstić information content (AvgIpc) is 2.90. The van der Waals surface area contributed by atoms with Crippen molar-refractivity contribution >= 4 is 16.3 Å². The van der Waals surface area contributed by atoms with Gasteiger partial charge in [0.05, 0.1) is 11.7 Å². The summed E-state index contributed by atoms with van der Waals surface area (Å²) in [5, 5.41) is 2.01. The van der Waals surface area contributed by atoms with Crippen LogP contribution in [0, 0.1) is 0 Å². The van der Waals surface area contributed by atoms with Crippen LogP contribution in [0.15, 0.2) is 36.2 Å². The topological polar surface area (TPSA) is 69.1 Å². The molecule has 0 aliphatic rings. The standard InChI is InChI=1S/C11H11N5S/c12-9(10-13-2-1-3-14-10)6-8-7-16-4-5-17-11(16)15-8/h1-5,7,9H,6,12H2. The summed E-state index contributed by atoms with van der Waals surface area (Å²) in [5.41, 5.74) is 7.02. The lowest BCUT2D eigenvalue weighted by molar-refractivity contribution is 0.658. The first-order chi connectivity index (χ1) is 8.33. The van der Waals surface area contributed by atoms with Gasteiger partial charge in [0.2, 0.25) is 0 Å². The maximum Gasteiger partial charge on any atom is 0.193 e. The Labute approximate surface area is 102 Å². The first-order valence-electron chi connectivity index (χ1n) is 5.26. The average molecular weight is 245 g/mol. The third-order valence-electron chi connectivity index (χ3n) is 2.49. The number of thiazole rings is 1. The molecular formula is C11H11N5S. The van der Waals surface area contributed by atoms with E-state index in [1.54, 1.807) is 29.8 Å². The zero-order chi connectivity index (χ0) is 11.7. The Bertz CT molecular complexity index is 586. The Hall–Kier alpha value is -1.79. The van der Waals surface area contributed by atoms with Gasteiger partial charge in [-0.1, -0.05) is 0 Å². The monoisotopic (exact) mass is 245 g/mol. The SMILES string of the molecule is NC(Cc1cn2ccsc2n1)c1ncccn1. The Morgan fingerprint density at radius 1 is 1.35 bits per heavy atom. The van der Waals surface area contributed by atoms with E-state index >= 15 is 0 Å². The number of hydrogen-bond acceptors (Lipinski definition) is 5. The lowest BCUT2D eigenvalue weighted by Gasteiger charge is -2.06. The molecule has 0 radical (unpaired) electrons. The molecule has 17 heavy (non-hydrogen) atoms. The minimum atomic E-state index is -0.208. The van der Waals surface area contributed by atoms with Crippen LogP contribution in [0.2, 0.25) is 0 Å².